The van der Waals surface area contributed by atoms with Crippen LogP contribution in [-0.2, 0) is 6.54 Å². The zero-order valence-corrected chi connectivity index (χ0v) is 15.7. The predicted molar refractivity (Wildman–Crippen MR) is 107 cm³/mol. The first-order chi connectivity index (χ1) is 13.0. The van der Waals surface area contributed by atoms with Crippen molar-refractivity contribution >= 4 is 23.1 Å². The van der Waals surface area contributed by atoms with Crippen molar-refractivity contribution in [3.63, 3.8) is 0 Å². The standard InChI is InChI=1S/C20H18ClN5O/c1-12-5-3-4-6-16(12)19-24-20-23-15(10-18(27)26(20)25-19)11-22-17-9-14(21)8-7-13(17)2/h3-10,22H,11H2,1-2H3,(H,23,24,25). The van der Waals surface area contributed by atoms with Crippen LogP contribution < -0.4 is 10.9 Å². The molecule has 0 fully saturated rings. The Labute approximate surface area is 160 Å². The van der Waals surface area contributed by atoms with E-state index in [0.717, 1.165) is 28.1 Å². The Morgan fingerprint density at radius 3 is 2.74 bits per heavy atom. The third-order valence-corrected chi connectivity index (χ3v) is 4.68. The van der Waals surface area contributed by atoms with Crippen molar-refractivity contribution in [2.75, 3.05) is 5.32 Å². The summed E-state index contributed by atoms with van der Waals surface area (Å²) in [5, 5.41) is 8.31. The van der Waals surface area contributed by atoms with E-state index in [1.807, 2.05) is 56.3 Å². The molecule has 27 heavy (non-hydrogen) atoms. The molecule has 0 unspecified atom stereocenters. The van der Waals surface area contributed by atoms with Gasteiger partial charge in [0, 0.05) is 28.0 Å². The number of anilines is 1. The smallest absolute Gasteiger partial charge is 0.275 e. The molecule has 0 spiro atoms. The third kappa shape index (κ3) is 3.44. The van der Waals surface area contributed by atoms with Crippen LogP contribution in [0.25, 0.3) is 17.2 Å². The first-order valence-corrected chi connectivity index (χ1v) is 8.94. The molecule has 4 aromatic rings. The topological polar surface area (TPSA) is 75.1 Å². The van der Waals surface area contributed by atoms with Gasteiger partial charge in [-0.05, 0) is 37.1 Å². The van der Waals surface area contributed by atoms with E-state index in [-0.39, 0.29) is 5.56 Å². The van der Waals surface area contributed by atoms with E-state index in [0.29, 0.717) is 23.2 Å². The molecule has 6 nitrogen and oxygen atoms in total. The van der Waals surface area contributed by atoms with Crippen LogP contribution in [-0.4, -0.2) is 19.6 Å². The molecule has 0 aliphatic heterocycles. The maximum absolute atomic E-state index is 12.5. The lowest BCUT2D eigenvalue weighted by molar-refractivity contribution is 0.878. The van der Waals surface area contributed by atoms with E-state index in [1.165, 1.54) is 10.6 Å². The number of aromatic nitrogens is 4. The van der Waals surface area contributed by atoms with E-state index >= 15 is 0 Å². The number of rotatable bonds is 4. The van der Waals surface area contributed by atoms with Crippen LogP contribution in [0.2, 0.25) is 5.02 Å². The molecule has 0 radical (unpaired) electrons. The molecule has 2 N–H and O–H groups in total. The minimum atomic E-state index is -0.226. The van der Waals surface area contributed by atoms with Gasteiger partial charge < -0.3 is 10.3 Å². The molecule has 2 aromatic heterocycles. The van der Waals surface area contributed by atoms with E-state index in [4.69, 9.17) is 11.6 Å². The van der Waals surface area contributed by atoms with Gasteiger partial charge in [0.25, 0.3) is 5.56 Å². The Morgan fingerprint density at radius 2 is 1.93 bits per heavy atom. The van der Waals surface area contributed by atoms with E-state index in [1.54, 1.807) is 0 Å². The predicted octanol–water partition coefficient (Wildman–Crippen LogP) is 3.97. The zero-order chi connectivity index (χ0) is 19.0. The number of nitrogens with one attached hydrogen (secondary N) is 2. The second-order valence-corrected chi connectivity index (χ2v) is 6.87. The van der Waals surface area contributed by atoms with Crippen LogP contribution in [0.4, 0.5) is 5.69 Å². The molecule has 0 bridgehead atoms. The highest BCUT2D eigenvalue weighted by Gasteiger charge is 2.11. The van der Waals surface area contributed by atoms with Gasteiger partial charge in [0.15, 0.2) is 5.82 Å². The highest BCUT2D eigenvalue weighted by atomic mass is 35.5. The van der Waals surface area contributed by atoms with Crippen molar-refractivity contribution in [3.8, 4) is 11.4 Å². The lowest BCUT2D eigenvalue weighted by Gasteiger charge is -2.10. The molecular formula is C20H18ClN5O. The van der Waals surface area contributed by atoms with Crippen LogP contribution in [0.1, 0.15) is 16.8 Å². The second-order valence-electron chi connectivity index (χ2n) is 6.43. The number of nitrogens with zero attached hydrogens (tertiary/aromatic N) is 3. The molecule has 0 saturated carbocycles. The summed E-state index contributed by atoms with van der Waals surface area (Å²) < 4.78 is 1.29. The Bertz CT molecular complexity index is 1190. The number of hydrogen-bond acceptors (Lipinski definition) is 4. The van der Waals surface area contributed by atoms with Gasteiger partial charge in [-0.1, -0.05) is 41.9 Å². The van der Waals surface area contributed by atoms with Crippen LogP contribution in [0, 0.1) is 13.8 Å². The maximum Gasteiger partial charge on any atom is 0.275 e. The number of hydrogen-bond donors (Lipinski definition) is 2. The summed E-state index contributed by atoms with van der Waals surface area (Å²) >= 11 is 6.06. The van der Waals surface area contributed by atoms with Gasteiger partial charge in [-0.15, -0.1) is 5.10 Å². The van der Waals surface area contributed by atoms with Gasteiger partial charge in [-0.2, -0.15) is 9.50 Å². The Balaban J connectivity index is 1.66. The minimum Gasteiger partial charge on any atom is -0.379 e. The molecule has 0 saturated heterocycles. The number of benzene rings is 2. The number of H-pyrrole nitrogens is 1. The average molecular weight is 380 g/mol. The van der Waals surface area contributed by atoms with Gasteiger partial charge in [-0.25, -0.2) is 0 Å². The monoisotopic (exact) mass is 379 g/mol. The molecule has 0 amide bonds. The number of aryl methyl sites for hydroxylation is 2. The summed E-state index contributed by atoms with van der Waals surface area (Å²) in [6.07, 6.45) is 0. The maximum atomic E-state index is 12.5. The molecular weight excluding hydrogens is 362 g/mol. The normalized spacial score (nSPS) is 11.1. The lowest BCUT2D eigenvalue weighted by Crippen LogP contribution is -2.17. The van der Waals surface area contributed by atoms with Gasteiger partial charge in [0.2, 0.25) is 5.78 Å². The summed E-state index contributed by atoms with van der Waals surface area (Å²) in [4.78, 5) is 20.1. The third-order valence-electron chi connectivity index (χ3n) is 4.44. The van der Waals surface area contributed by atoms with Crippen molar-refractivity contribution in [2.24, 2.45) is 0 Å². The molecule has 2 aromatic carbocycles. The van der Waals surface area contributed by atoms with Gasteiger partial charge in [-0.3, -0.25) is 4.79 Å². The van der Waals surface area contributed by atoms with Crippen LogP contribution in [0.15, 0.2) is 53.3 Å². The average Bonchev–Trinajstić information content (AvgIpc) is 3.07. The summed E-state index contributed by atoms with van der Waals surface area (Å²) in [6.45, 7) is 4.43. The molecule has 136 valence electrons. The largest absolute Gasteiger partial charge is 0.379 e. The Morgan fingerprint density at radius 1 is 1.11 bits per heavy atom. The second kappa shape index (κ2) is 6.89. The van der Waals surface area contributed by atoms with Crippen molar-refractivity contribution < 1.29 is 0 Å². The lowest BCUT2D eigenvalue weighted by atomic mass is 10.1. The van der Waals surface area contributed by atoms with Crippen LogP contribution in [0.5, 0.6) is 0 Å². The van der Waals surface area contributed by atoms with E-state index in [2.05, 4.69) is 20.4 Å². The molecule has 7 heteroatoms. The van der Waals surface area contributed by atoms with Gasteiger partial charge in [0.05, 0.1) is 6.54 Å². The fourth-order valence-electron chi connectivity index (χ4n) is 2.94. The summed E-state index contributed by atoms with van der Waals surface area (Å²) in [5.41, 5.74) is 4.45. The number of halogens is 1. The van der Waals surface area contributed by atoms with Crippen LogP contribution in [0.3, 0.4) is 0 Å². The molecule has 0 aliphatic rings. The van der Waals surface area contributed by atoms with Crippen molar-refractivity contribution in [3.05, 3.63) is 80.7 Å². The van der Waals surface area contributed by atoms with E-state index < -0.39 is 0 Å². The highest BCUT2D eigenvalue weighted by Crippen LogP contribution is 2.21. The molecule has 2 heterocycles. The van der Waals surface area contributed by atoms with Crippen LogP contribution >= 0.6 is 11.6 Å². The first-order valence-electron chi connectivity index (χ1n) is 8.56. The SMILES string of the molecule is Cc1ccc(Cl)cc1NCc1cc(=O)n2nc(-c3ccccc3C)nc2[nH]1. The Kier molecular flexibility index (Phi) is 4.41. The van der Waals surface area contributed by atoms with Crippen molar-refractivity contribution in [2.45, 2.75) is 20.4 Å². The molecule has 4 rings (SSSR count). The number of fused-ring (bicyclic) bond motifs is 1. The quantitative estimate of drug-likeness (QED) is 0.562. The highest BCUT2D eigenvalue weighted by molar-refractivity contribution is 6.30. The summed E-state index contributed by atoms with van der Waals surface area (Å²) in [7, 11) is 0. The summed E-state index contributed by atoms with van der Waals surface area (Å²) in [6, 6.07) is 15.0. The first kappa shape index (κ1) is 17.3. The van der Waals surface area contributed by atoms with Gasteiger partial charge in [0.1, 0.15) is 0 Å². The summed E-state index contributed by atoms with van der Waals surface area (Å²) in [5.74, 6) is 0.942. The molecule has 0 aliphatic carbocycles. The van der Waals surface area contributed by atoms with Crippen molar-refractivity contribution in [1.82, 2.24) is 19.6 Å². The Hall–Kier alpha value is -3.12. The minimum absolute atomic E-state index is 0.226. The fourth-order valence-corrected chi connectivity index (χ4v) is 3.12. The zero-order valence-electron chi connectivity index (χ0n) is 15.0. The number of aromatic amines is 1. The fraction of sp³-hybridized carbons (Fsp3) is 0.150. The molecule has 0 atom stereocenters. The van der Waals surface area contributed by atoms with E-state index in [9.17, 15) is 4.79 Å². The van der Waals surface area contributed by atoms with Gasteiger partial charge >= 0.3 is 0 Å². The van der Waals surface area contributed by atoms with Crippen molar-refractivity contribution in [1.29, 1.82) is 0 Å².